The maximum absolute atomic E-state index is 13.3. The smallest absolute Gasteiger partial charge is 0.239 e. The fourth-order valence-corrected chi connectivity index (χ4v) is 3.20. The van der Waals surface area contributed by atoms with Crippen molar-refractivity contribution in [3.63, 3.8) is 0 Å². The summed E-state index contributed by atoms with van der Waals surface area (Å²) in [4.78, 5) is 27.3. The number of anilines is 1. The molecule has 2 amide bonds. The van der Waals surface area contributed by atoms with Crippen molar-refractivity contribution >= 4 is 29.1 Å². The van der Waals surface area contributed by atoms with Gasteiger partial charge in [0.1, 0.15) is 11.2 Å². The number of nitrogens with one attached hydrogen (secondary N) is 1. The van der Waals surface area contributed by atoms with Crippen LogP contribution in [0.1, 0.15) is 25.0 Å². The quantitative estimate of drug-likeness (QED) is 0.824. The molecule has 0 unspecified atom stereocenters. The first-order valence-corrected chi connectivity index (χ1v) is 8.79. The van der Waals surface area contributed by atoms with Crippen molar-refractivity contribution in [1.29, 1.82) is 0 Å². The van der Waals surface area contributed by atoms with Crippen LogP contribution < -0.4 is 5.32 Å². The minimum Gasteiger partial charge on any atom is -0.337 e. The van der Waals surface area contributed by atoms with Crippen LogP contribution in [0.5, 0.6) is 0 Å². The highest BCUT2D eigenvalue weighted by Crippen LogP contribution is 2.27. The monoisotopic (exact) mass is 374 g/mol. The number of amides is 2. The van der Waals surface area contributed by atoms with Crippen molar-refractivity contribution in [1.82, 2.24) is 4.90 Å². The lowest BCUT2D eigenvalue weighted by atomic mass is 9.88. The summed E-state index contributed by atoms with van der Waals surface area (Å²) in [7, 11) is 0. The Morgan fingerprint density at radius 2 is 1.85 bits per heavy atom. The molecule has 2 aromatic carbocycles. The Morgan fingerprint density at radius 3 is 2.54 bits per heavy atom. The van der Waals surface area contributed by atoms with Gasteiger partial charge in [-0.15, -0.1) is 0 Å². The van der Waals surface area contributed by atoms with Crippen LogP contribution >= 0.6 is 11.6 Å². The Balaban J connectivity index is 1.73. The van der Waals surface area contributed by atoms with E-state index in [1.807, 2.05) is 18.2 Å². The molecule has 0 spiro atoms. The Kier molecular flexibility index (Phi) is 5.01. The Labute approximate surface area is 157 Å². The Hall–Kier alpha value is -2.40. The minimum absolute atomic E-state index is 0.0837. The summed E-state index contributed by atoms with van der Waals surface area (Å²) in [6, 6.07) is 11.9. The highest BCUT2D eigenvalue weighted by atomic mass is 35.5. The number of carbonyl (C=O) groups is 2. The fourth-order valence-electron chi connectivity index (χ4n) is 3.02. The van der Waals surface area contributed by atoms with Gasteiger partial charge >= 0.3 is 0 Å². The average molecular weight is 375 g/mol. The molecular weight excluding hydrogens is 355 g/mol. The topological polar surface area (TPSA) is 49.4 Å². The van der Waals surface area contributed by atoms with Gasteiger partial charge in [-0.2, -0.15) is 0 Å². The third-order valence-electron chi connectivity index (χ3n) is 4.70. The summed E-state index contributed by atoms with van der Waals surface area (Å²) < 4.78 is 13.3. The molecule has 3 rings (SSSR count). The number of halogens is 2. The molecule has 1 aliphatic heterocycles. The van der Waals surface area contributed by atoms with E-state index in [9.17, 15) is 14.0 Å². The number of hydrogen-bond donors (Lipinski definition) is 1. The second kappa shape index (κ2) is 7.08. The third kappa shape index (κ3) is 3.58. The third-order valence-corrected chi connectivity index (χ3v) is 4.99. The summed E-state index contributed by atoms with van der Waals surface area (Å²) in [6.45, 7) is 4.26. The number of fused-ring (bicyclic) bond motifs is 1. The van der Waals surface area contributed by atoms with Crippen LogP contribution in [0.2, 0.25) is 5.02 Å². The summed E-state index contributed by atoms with van der Waals surface area (Å²) in [5.74, 6) is -1.26. The molecule has 0 radical (unpaired) electrons. The highest BCUT2D eigenvalue weighted by Gasteiger charge is 2.40. The SMILES string of the molecule is CC(C)(C(=O)Nc1ccc(F)c(Cl)c1)C(=O)N1CCc2ccccc2C1. The van der Waals surface area contributed by atoms with E-state index in [0.717, 1.165) is 12.0 Å². The van der Waals surface area contributed by atoms with Crippen LogP contribution in [0, 0.1) is 11.2 Å². The van der Waals surface area contributed by atoms with Gasteiger partial charge in [0, 0.05) is 18.8 Å². The standard InChI is InChI=1S/C20H20ClFN2O2/c1-20(2,18(25)23-15-7-8-17(22)16(21)11-15)19(26)24-10-9-13-5-3-4-6-14(13)12-24/h3-8,11H,9-10,12H2,1-2H3,(H,23,25). The lowest BCUT2D eigenvalue weighted by Crippen LogP contribution is -2.48. The largest absolute Gasteiger partial charge is 0.337 e. The van der Waals surface area contributed by atoms with Gasteiger partial charge in [-0.25, -0.2) is 4.39 Å². The number of benzene rings is 2. The van der Waals surface area contributed by atoms with Crippen LogP contribution in [0.4, 0.5) is 10.1 Å². The highest BCUT2D eigenvalue weighted by molar-refractivity contribution is 6.31. The first-order valence-electron chi connectivity index (χ1n) is 8.41. The zero-order chi connectivity index (χ0) is 18.9. The predicted octanol–water partition coefficient (Wildman–Crippen LogP) is 4.03. The van der Waals surface area contributed by atoms with Crippen LogP contribution in [-0.2, 0) is 22.6 Å². The summed E-state index contributed by atoms with van der Waals surface area (Å²) in [5.41, 5.74) is 1.44. The van der Waals surface area contributed by atoms with Crippen LogP contribution in [0.3, 0.4) is 0 Å². The van der Waals surface area contributed by atoms with E-state index >= 15 is 0 Å². The van der Waals surface area contributed by atoms with E-state index in [2.05, 4.69) is 11.4 Å². The molecule has 6 heteroatoms. The van der Waals surface area contributed by atoms with E-state index in [1.165, 1.54) is 23.8 Å². The first-order chi connectivity index (χ1) is 12.3. The molecule has 0 atom stereocenters. The van der Waals surface area contributed by atoms with Crippen molar-refractivity contribution in [3.05, 3.63) is 64.4 Å². The Morgan fingerprint density at radius 1 is 1.15 bits per heavy atom. The molecule has 0 saturated carbocycles. The fraction of sp³-hybridized carbons (Fsp3) is 0.300. The van der Waals surface area contributed by atoms with Gasteiger partial charge in [-0.05, 0) is 49.6 Å². The maximum atomic E-state index is 13.3. The van der Waals surface area contributed by atoms with E-state index in [0.29, 0.717) is 18.8 Å². The van der Waals surface area contributed by atoms with Gasteiger partial charge in [0.2, 0.25) is 11.8 Å². The van der Waals surface area contributed by atoms with E-state index in [-0.39, 0.29) is 10.9 Å². The lowest BCUT2D eigenvalue weighted by Gasteiger charge is -2.34. The number of nitrogens with zero attached hydrogens (tertiary/aromatic N) is 1. The molecule has 1 heterocycles. The van der Waals surface area contributed by atoms with Gasteiger partial charge in [0.25, 0.3) is 0 Å². The number of hydrogen-bond acceptors (Lipinski definition) is 2. The zero-order valence-corrected chi connectivity index (χ0v) is 15.4. The van der Waals surface area contributed by atoms with Crippen LogP contribution in [0.15, 0.2) is 42.5 Å². The first kappa shape index (κ1) is 18.4. The van der Waals surface area contributed by atoms with Crippen molar-refractivity contribution in [2.45, 2.75) is 26.8 Å². The van der Waals surface area contributed by atoms with Gasteiger partial charge in [0.05, 0.1) is 5.02 Å². The van der Waals surface area contributed by atoms with Crippen molar-refractivity contribution in [3.8, 4) is 0 Å². The van der Waals surface area contributed by atoms with Gasteiger partial charge in [-0.1, -0.05) is 35.9 Å². The molecule has 1 aliphatic rings. The Bertz CT molecular complexity index is 867. The molecule has 2 aromatic rings. The minimum atomic E-state index is -1.26. The van der Waals surface area contributed by atoms with Crippen molar-refractivity contribution in [2.75, 3.05) is 11.9 Å². The molecule has 0 bridgehead atoms. The molecule has 26 heavy (non-hydrogen) atoms. The van der Waals surface area contributed by atoms with Crippen molar-refractivity contribution < 1.29 is 14.0 Å². The maximum Gasteiger partial charge on any atom is 0.239 e. The lowest BCUT2D eigenvalue weighted by molar-refractivity contribution is -0.147. The number of rotatable bonds is 3. The molecule has 0 saturated heterocycles. The summed E-state index contributed by atoms with van der Waals surface area (Å²) in [6.07, 6.45) is 0.771. The number of carbonyl (C=O) groups excluding carboxylic acids is 2. The second-order valence-electron chi connectivity index (χ2n) is 6.95. The molecule has 0 aliphatic carbocycles. The van der Waals surface area contributed by atoms with Crippen molar-refractivity contribution in [2.24, 2.45) is 5.41 Å². The van der Waals surface area contributed by atoms with E-state index in [1.54, 1.807) is 18.7 Å². The van der Waals surface area contributed by atoms with Gasteiger partial charge in [-0.3, -0.25) is 9.59 Å². The molecule has 0 aromatic heterocycles. The van der Waals surface area contributed by atoms with Gasteiger partial charge < -0.3 is 10.2 Å². The predicted molar refractivity (Wildman–Crippen MR) is 99.4 cm³/mol. The normalized spacial score (nSPS) is 13.9. The second-order valence-corrected chi connectivity index (χ2v) is 7.36. The molecular formula is C20H20ClFN2O2. The van der Waals surface area contributed by atoms with Crippen LogP contribution in [-0.4, -0.2) is 23.3 Å². The van der Waals surface area contributed by atoms with E-state index in [4.69, 9.17) is 11.6 Å². The van der Waals surface area contributed by atoms with Crippen LogP contribution in [0.25, 0.3) is 0 Å². The van der Waals surface area contributed by atoms with E-state index < -0.39 is 17.1 Å². The summed E-state index contributed by atoms with van der Waals surface area (Å²) in [5, 5.41) is 2.57. The zero-order valence-electron chi connectivity index (χ0n) is 14.7. The molecule has 0 fully saturated rings. The molecule has 4 nitrogen and oxygen atoms in total. The molecule has 136 valence electrons. The molecule has 1 N–H and O–H groups in total. The summed E-state index contributed by atoms with van der Waals surface area (Å²) >= 11 is 5.74. The van der Waals surface area contributed by atoms with Gasteiger partial charge in [0.15, 0.2) is 0 Å². The average Bonchev–Trinajstić information content (AvgIpc) is 2.63.